The molecule has 2 aromatic carbocycles. The number of halogens is 11. The lowest BCUT2D eigenvalue weighted by atomic mass is 10.1. The van der Waals surface area contributed by atoms with Gasteiger partial charge in [0, 0.05) is 16.0 Å². The van der Waals surface area contributed by atoms with Crippen LogP contribution in [0.1, 0.15) is 34.1 Å². The fraction of sp³-hybridized carbons (Fsp3) is 0.300. The molecular weight excluding hydrogens is 579 g/mol. The van der Waals surface area contributed by atoms with Gasteiger partial charge in [0.2, 0.25) is 6.33 Å². The van der Waals surface area contributed by atoms with Crippen molar-refractivity contribution in [3.8, 4) is 5.69 Å². The highest BCUT2D eigenvalue weighted by molar-refractivity contribution is 9.10. The zero-order valence-corrected chi connectivity index (χ0v) is 19.2. The second-order valence-electron chi connectivity index (χ2n) is 7.98. The SMILES string of the molecule is FC(F)(F)c1cc(-n2c[n+]3c(n2)COC2Cc4ccc(Br)cc4C23)cc(C(F)(F)F)c1.F[B-](F)(F)F. The Hall–Kier alpha value is -2.62. The molecule has 1 aromatic heterocycles. The fourth-order valence-corrected chi connectivity index (χ4v) is 4.51. The van der Waals surface area contributed by atoms with Crippen molar-refractivity contribution >= 4 is 23.2 Å². The highest BCUT2D eigenvalue weighted by Gasteiger charge is 2.44. The van der Waals surface area contributed by atoms with E-state index in [0.717, 1.165) is 20.3 Å². The van der Waals surface area contributed by atoms with Gasteiger partial charge < -0.3 is 22.0 Å². The Labute approximate surface area is 204 Å². The molecule has 2 unspecified atom stereocenters. The van der Waals surface area contributed by atoms with Crippen LogP contribution in [0.15, 0.2) is 47.2 Å². The largest absolute Gasteiger partial charge is 0.673 e. The minimum Gasteiger partial charge on any atom is -0.418 e. The number of rotatable bonds is 1. The van der Waals surface area contributed by atoms with Crippen LogP contribution in [0.2, 0.25) is 0 Å². The maximum absolute atomic E-state index is 13.2. The van der Waals surface area contributed by atoms with Crippen molar-refractivity contribution in [3.05, 3.63) is 75.3 Å². The highest BCUT2D eigenvalue weighted by atomic mass is 79.9. The van der Waals surface area contributed by atoms with E-state index >= 15 is 0 Å². The summed E-state index contributed by atoms with van der Waals surface area (Å²) in [6, 6.07) is 6.97. The third-order valence-electron chi connectivity index (χ3n) is 5.52. The van der Waals surface area contributed by atoms with Crippen molar-refractivity contribution in [2.75, 3.05) is 0 Å². The van der Waals surface area contributed by atoms with E-state index in [4.69, 9.17) is 4.74 Å². The van der Waals surface area contributed by atoms with Crippen LogP contribution in [0.3, 0.4) is 0 Å². The molecule has 0 spiro atoms. The Morgan fingerprint density at radius 2 is 1.53 bits per heavy atom. The monoisotopic (exact) mass is 591 g/mol. The fourth-order valence-electron chi connectivity index (χ4n) is 4.13. The van der Waals surface area contributed by atoms with E-state index < -0.39 is 30.7 Å². The average molecular weight is 592 g/mol. The van der Waals surface area contributed by atoms with Gasteiger partial charge in [-0.15, -0.1) is 0 Å². The molecule has 0 fully saturated rings. The molecule has 2 heterocycles. The smallest absolute Gasteiger partial charge is 0.418 e. The Balaban J connectivity index is 0.000000556. The molecule has 0 saturated carbocycles. The molecule has 2 aliphatic rings. The standard InChI is InChI=1S/C20H13BrF6N3O.BF4/c21-13-2-1-10-3-16-18(15(10)7-13)29-9-30(28-17(29)8-31-16)14-5-11(19(22,23)24)4-12(6-14)20(25,26)27;2-1(3,4)5/h1-2,4-7,9,16,18H,3,8H2;/q+1;-1. The number of hydrogen-bond acceptors (Lipinski definition) is 2. The first-order valence-electron chi connectivity index (χ1n) is 10.1. The summed E-state index contributed by atoms with van der Waals surface area (Å²) in [7, 11) is -6.00. The van der Waals surface area contributed by atoms with Crippen molar-refractivity contribution in [1.82, 2.24) is 9.78 Å². The Kier molecular flexibility index (Phi) is 6.65. The molecule has 16 heteroatoms. The van der Waals surface area contributed by atoms with Crippen LogP contribution in [0, 0.1) is 0 Å². The topological polar surface area (TPSA) is 30.9 Å². The van der Waals surface area contributed by atoms with Crippen LogP contribution < -0.4 is 4.57 Å². The summed E-state index contributed by atoms with van der Waals surface area (Å²) in [6.07, 6.45) is -7.96. The van der Waals surface area contributed by atoms with Crippen LogP contribution in [0.25, 0.3) is 5.69 Å². The third-order valence-corrected chi connectivity index (χ3v) is 6.01. The molecule has 5 rings (SSSR count). The molecule has 3 aromatic rings. The number of fused-ring (bicyclic) bond motifs is 5. The van der Waals surface area contributed by atoms with E-state index in [1.165, 1.54) is 6.33 Å². The van der Waals surface area contributed by atoms with Crippen LogP contribution in [-0.2, 0) is 30.1 Å². The first-order valence-corrected chi connectivity index (χ1v) is 10.9. The number of hydrogen-bond donors (Lipinski definition) is 0. The molecule has 0 amide bonds. The lowest BCUT2D eigenvalue weighted by molar-refractivity contribution is -0.739. The third kappa shape index (κ3) is 5.69. The first kappa shape index (κ1) is 26.4. The molecule has 4 nitrogen and oxygen atoms in total. The van der Waals surface area contributed by atoms with E-state index in [0.29, 0.717) is 24.4 Å². The molecule has 0 saturated heterocycles. The molecule has 1 aliphatic carbocycles. The van der Waals surface area contributed by atoms with Gasteiger partial charge in [-0.25, -0.2) is 4.57 Å². The van der Waals surface area contributed by atoms with Crippen molar-refractivity contribution in [2.24, 2.45) is 0 Å². The van der Waals surface area contributed by atoms with E-state index in [1.54, 1.807) is 4.57 Å². The molecule has 36 heavy (non-hydrogen) atoms. The first-order chi connectivity index (χ1) is 16.5. The highest BCUT2D eigenvalue weighted by Crippen LogP contribution is 2.39. The Bertz CT molecular complexity index is 1250. The maximum Gasteiger partial charge on any atom is 0.673 e. The van der Waals surface area contributed by atoms with E-state index in [9.17, 15) is 43.6 Å². The number of benzene rings is 2. The van der Waals surface area contributed by atoms with Gasteiger partial charge in [0.25, 0.3) is 0 Å². The van der Waals surface area contributed by atoms with E-state index in [-0.39, 0.29) is 30.5 Å². The Morgan fingerprint density at radius 1 is 0.944 bits per heavy atom. The second-order valence-corrected chi connectivity index (χ2v) is 8.90. The van der Waals surface area contributed by atoms with Crippen molar-refractivity contribution in [3.63, 3.8) is 0 Å². The molecular formula is C20H13BBrF10N3O. The maximum atomic E-state index is 13.2. The molecule has 0 N–H and O–H groups in total. The summed E-state index contributed by atoms with van der Waals surface area (Å²) in [5.41, 5.74) is -1.05. The average Bonchev–Trinajstić information content (AvgIpc) is 3.31. The summed E-state index contributed by atoms with van der Waals surface area (Å²) < 4.78 is 128. The molecule has 2 atom stereocenters. The van der Waals surface area contributed by atoms with Gasteiger partial charge in [0.05, 0.1) is 11.1 Å². The number of alkyl halides is 6. The van der Waals surface area contributed by atoms with Crippen molar-refractivity contribution in [1.29, 1.82) is 0 Å². The van der Waals surface area contributed by atoms with Gasteiger partial charge in [0.1, 0.15) is 24.4 Å². The van der Waals surface area contributed by atoms with E-state index in [1.807, 2.05) is 18.2 Å². The minimum atomic E-state index is -6.00. The van der Waals surface area contributed by atoms with Crippen LogP contribution in [0.4, 0.5) is 43.6 Å². The van der Waals surface area contributed by atoms with Crippen LogP contribution in [-0.4, -0.2) is 23.1 Å². The van der Waals surface area contributed by atoms with Gasteiger partial charge >= 0.3 is 25.4 Å². The molecule has 1 aliphatic heterocycles. The molecule has 194 valence electrons. The van der Waals surface area contributed by atoms with Crippen LogP contribution >= 0.6 is 15.9 Å². The molecule has 0 bridgehead atoms. The van der Waals surface area contributed by atoms with Gasteiger partial charge in [-0.1, -0.05) is 26.7 Å². The summed E-state index contributed by atoms with van der Waals surface area (Å²) in [5.74, 6) is 0.417. The summed E-state index contributed by atoms with van der Waals surface area (Å²) in [4.78, 5) is 0. The van der Waals surface area contributed by atoms with Gasteiger partial charge in [-0.3, -0.25) is 0 Å². The van der Waals surface area contributed by atoms with Gasteiger partial charge in [-0.2, -0.15) is 26.3 Å². The summed E-state index contributed by atoms with van der Waals surface area (Å²) in [6.45, 7) is 0.106. The quantitative estimate of drug-likeness (QED) is 0.189. The predicted molar refractivity (Wildman–Crippen MR) is 109 cm³/mol. The molecule has 0 radical (unpaired) electrons. The lowest BCUT2D eigenvalue weighted by Gasteiger charge is -2.23. The zero-order valence-electron chi connectivity index (χ0n) is 17.6. The zero-order chi connectivity index (χ0) is 26.6. The van der Waals surface area contributed by atoms with Crippen molar-refractivity contribution in [2.45, 2.75) is 37.5 Å². The summed E-state index contributed by atoms with van der Waals surface area (Å²) in [5, 5.41) is 4.23. The summed E-state index contributed by atoms with van der Waals surface area (Å²) >= 11 is 3.43. The van der Waals surface area contributed by atoms with E-state index in [2.05, 4.69) is 21.0 Å². The van der Waals surface area contributed by atoms with Crippen LogP contribution in [0.5, 0.6) is 0 Å². The predicted octanol–water partition coefficient (Wildman–Crippen LogP) is 6.30. The van der Waals surface area contributed by atoms with Gasteiger partial charge in [0.15, 0.2) is 0 Å². The second kappa shape index (κ2) is 9.05. The normalized spacial score (nSPS) is 19.2. The Morgan fingerprint density at radius 3 is 2.08 bits per heavy atom. The minimum absolute atomic E-state index is 0.101. The number of aromatic nitrogens is 3. The number of ether oxygens (including phenoxy) is 1. The van der Waals surface area contributed by atoms with Gasteiger partial charge in [-0.05, 0) is 41.5 Å². The van der Waals surface area contributed by atoms with Crippen molar-refractivity contribution < 1.29 is 52.9 Å². The lowest BCUT2D eigenvalue weighted by Crippen LogP contribution is -2.51. The number of nitrogens with zero attached hydrogens (tertiary/aromatic N) is 3.